The molecular weight excluding hydrogens is 230 g/mol. The van der Waals surface area contributed by atoms with Gasteiger partial charge in [-0.15, -0.1) is 0 Å². The zero-order chi connectivity index (χ0) is 13.1. The standard InChI is InChI=1S/C12H21N5O/c1-8(2)12-14-10(16-13)6-11(15-12)17-5-3-4-9(18)7-17/h6,8-9,18H,3-5,7,13H2,1-2H3,(H,14,15,16). The first kappa shape index (κ1) is 13.0. The van der Waals surface area contributed by atoms with Crippen LogP contribution in [0.3, 0.4) is 0 Å². The molecule has 100 valence electrons. The number of aromatic nitrogens is 2. The van der Waals surface area contributed by atoms with Gasteiger partial charge >= 0.3 is 0 Å². The van der Waals surface area contributed by atoms with Gasteiger partial charge in [0.1, 0.15) is 17.5 Å². The van der Waals surface area contributed by atoms with E-state index in [9.17, 15) is 5.11 Å². The van der Waals surface area contributed by atoms with E-state index in [4.69, 9.17) is 5.84 Å². The van der Waals surface area contributed by atoms with E-state index >= 15 is 0 Å². The van der Waals surface area contributed by atoms with Crippen molar-refractivity contribution in [2.75, 3.05) is 23.4 Å². The molecule has 1 aromatic rings. The minimum Gasteiger partial charge on any atom is -0.391 e. The van der Waals surface area contributed by atoms with Crippen molar-refractivity contribution >= 4 is 11.6 Å². The third-order valence-electron chi connectivity index (χ3n) is 3.11. The first-order valence-corrected chi connectivity index (χ1v) is 6.38. The van der Waals surface area contributed by atoms with E-state index in [-0.39, 0.29) is 12.0 Å². The van der Waals surface area contributed by atoms with E-state index in [1.165, 1.54) is 0 Å². The summed E-state index contributed by atoms with van der Waals surface area (Å²) in [4.78, 5) is 11.0. The summed E-state index contributed by atoms with van der Waals surface area (Å²) in [5, 5.41) is 9.72. The summed E-state index contributed by atoms with van der Waals surface area (Å²) >= 11 is 0. The zero-order valence-corrected chi connectivity index (χ0v) is 10.9. The number of β-amino-alcohol motifs (C(OH)–C–C–N with tert-alkyl or cyclic N) is 1. The topological polar surface area (TPSA) is 87.3 Å². The summed E-state index contributed by atoms with van der Waals surface area (Å²) in [7, 11) is 0. The molecule has 0 amide bonds. The predicted molar refractivity (Wildman–Crippen MR) is 71.4 cm³/mol. The molecule has 0 aromatic carbocycles. The van der Waals surface area contributed by atoms with E-state index in [0.717, 1.165) is 31.0 Å². The van der Waals surface area contributed by atoms with Crippen LogP contribution >= 0.6 is 0 Å². The molecule has 0 saturated carbocycles. The maximum absolute atomic E-state index is 9.72. The first-order valence-electron chi connectivity index (χ1n) is 6.38. The Hall–Kier alpha value is -1.40. The fourth-order valence-electron chi connectivity index (χ4n) is 2.11. The highest BCUT2D eigenvalue weighted by molar-refractivity contribution is 5.49. The highest BCUT2D eigenvalue weighted by Gasteiger charge is 2.20. The Morgan fingerprint density at radius 2 is 2.28 bits per heavy atom. The van der Waals surface area contributed by atoms with Crippen LogP contribution in [-0.2, 0) is 0 Å². The van der Waals surface area contributed by atoms with Crippen molar-refractivity contribution in [2.24, 2.45) is 5.84 Å². The zero-order valence-electron chi connectivity index (χ0n) is 10.9. The third kappa shape index (κ3) is 2.88. The van der Waals surface area contributed by atoms with Crippen LogP contribution in [0.1, 0.15) is 38.4 Å². The monoisotopic (exact) mass is 251 g/mol. The summed E-state index contributed by atoms with van der Waals surface area (Å²) in [6.45, 7) is 5.63. The number of rotatable bonds is 3. The minimum atomic E-state index is -0.273. The van der Waals surface area contributed by atoms with E-state index < -0.39 is 0 Å². The molecule has 0 spiro atoms. The van der Waals surface area contributed by atoms with Crippen molar-refractivity contribution in [3.8, 4) is 0 Å². The number of aliphatic hydroxyl groups is 1. The van der Waals surface area contributed by atoms with Crippen molar-refractivity contribution in [1.29, 1.82) is 0 Å². The summed E-state index contributed by atoms with van der Waals surface area (Å²) in [6, 6.07) is 1.82. The molecule has 0 radical (unpaired) electrons. The van der Waals surface area contributed by atoms with Gasteiger partial charge in [-0.05, 0) is 12.8 Å². The number of nitrogens with two attached hydrogens (primary N) is 1. The van der Waals surface area contributed by atoms with Crippen molar-refractivity contribution in [1.82, 2.24) is 9.97 Å². The van der Waals surface area contributed by atoms with Gasteiger partial charge in [-0.3, -0.25) is 0 Å². The summed E-state index contributed by atoms with van der Waals surface area (Å²) in [6.07, 6.45) is 1.57. The average Bonchev–Trinajstić information content (AvgIpc) is 2.38. The Morgan fingerprint density at radius 1 is 1.50 bits per heavy atom. The fourth-order valence-corrected chi connectivity index (χ4v) is 2.11. The maximum Gasteiger partial charge on any atom is 0.145 e. The lowest BCUT2D eigenvalue weighted by Crippen LogP contribution is -2.39. The molecule has 1 aliphatic rings. The molecule has 18 heavy (non-hydrogen) atoms. The van der Waals surface area contributed by atoms with Gasteiger partial charge in [-0.1, -0.05) is 13.8 Å². The number of aliphatic hydroxyl groups excluding tert-OH is 1. The molecule has 1 atom stereocenters. The van der Waals surface area contributed by atoms with Crippen LogP contribution in [0.5, 0.6) is 0 Å². The maximum atomic E-state index is 9.72. The largest absolute Gasteiger partial charge is 0.391 e. The number of hydrogen-bond donors (Lipinski definition) is 3. The van der Waals surface area contributed by atoms with E-state index in [0.29, 0.717) is 12.4 Å². The van der Waals surface area contributed by atoms with Gasteiger partial charge in [0.15, 0.2) is 0 Å². The Balaban J connectivity index is 2.28. The molecule has 6 nitrogen and oxygen atoms in total. The number of nitrogens with one attached hydrogen (secondary N) is 1. The van der Waals surface area contributed by atoms with Gasteiger partial charge < -0.3 is 15.4 Å². The minimum absolute atomic E-state index is 0.242. The van der Waals surface area contributed by atoms with Gasteiger partial charge in [0.25, 0.3) is 0 Å². The molecule has 2 heterocycles. The molecule has 1 aliphatic heterocycles. The molecule has 1 fully saturated rings. The highest BCUT2D eigenvalue weighted by Crippen LogP contribution is 2.22. The number of piperidine rings is 1. The highest BCUT2D eigenvalue weighted by atomic mass is 16.3. The summed E-state index contributed by atoms with van der Waals surface area (Å²) in [5.41, 5.74) is 2.57. The smallest absolute Gasteiger partial charge is 0.145 e. The molecule has 1 aromatic heterocycles. The molecular formula is C12H21N5O. The van der Waals surface area contributed by atoms with Crippen LogP contribution in [0.15, 0.2) is 6.07 Å². The Labute approximate surface area is 107 Å². The first-order chi connectivity index (χ1) is 8.60. The van der Waals surface area contributed by atoms with Gasteiger partial charge in [0, 0.05) is 25.1 Å². The number of hydrogen-bond acceptors (Lipinski definition) is 6. The second kappa shape index (κ2) is 5.49. The Bertz CT molecular complexity index is 409. The van der Waals surface area contributed by atoms with Gasteiger partial charge in [-0.2, -0.15) is 0 Å². The number of anilines is 2. The van der Waals surface area contributed by atoms with Gasteiger partial charge in [-0.25, -0.2) is 15.8 Å². The number of hydrazine groups is 1. The van der Waals surface area contributed by atoms with Crippen LogP contribution in [0, 0.1) is 0 Å². The Morgan fingerprint density at radius 3 is 2.89 bits per heavy atom. The third-order valence-corrected chi connectivity index (χ3v) is 3.11. The quantitative estimate of drug-likeness (QED) is 0.545. The molecule has 0 bridgehead atoms. The summed E-state index contributed by atoms with van der Waals surface area (Å²) in [5.74, 6) is 7.89. The van der Waals surface area contributed by atoms with Crippen LogP contribution < -0.4 is 16.2 Å². The molecule has 1 saturated heterocycles. The van der Waals surface area contributed by atoms with E-state index in [2.05, 4.69) is 20.3 Å². The average molecular weight is 251 g/mol. The predicted octanol–water partition coefficient (Wildman–Crippen LogP) is 0.847. The lowest BCUT2D eigenvalue weighted by Gasteiger charge is -2.31. The second-order valence-corrected chi connectivity index (χ2v) is 5.01. The van der Waals surface area contributed by atoms with Crippen LogP contribution in [0.25, 0.3) is 0 Å². The van der Waals surface area contributed by atoms with Crippen molar-refractivity contribution < 1.29 is 5.11 Å². The molecule has 0 aliphatic carbocycles. The normalized spacial score (nSPS) is 20.3. The molecule has 1 unspecified atom stereocenters. The van der Waals surface area contributed by atoms with Crippen molar-refractivity contribution in [3.63, 3.8) is 0 Å². The number of nitrogens with zero attached hydrogens (tertiary/aromatic N) is 3. The van der Waals surface area contributed by atoms with Gasteiger partial charge in [0.05, 0.1) is 6.10 Å². The van der Waals surface area contributed by atoms with Crippen molar-refractivity contribution in [2.45, 2.75) is 38.7 Å². The second-order valence-electron chi connectivity index (χ2n) is 5.01. The molecule has 2 rings (SSSR count). The van der Waals surface area contributed by atoms with Crippen LogP contribution in [0.4, 0.5) is 11.6 Å². The Kier molecular flexibility index (Phi) is 3.98. The number of nitrogen functional groups attached to an aromatic ring is 1. The van der Waals surface area contributed by atoms with Gasteiger partial charge in [0.2, 0.25) is 0 Å². The van der Waals surface area contributed by atoms with E-state index in [1.54, 1.807) is 0 Å². The van der Waals surface area contributed by atoms with Crippen LogP contribution in [0.2, 0.25) is 0 Å². The lowest BCUT2D eigenvalue weighted by molar-refractivity contribution is 0.154. The fraction of sp³-hybridized carbons (Fsp3) is 0.667. The summed E-state index contributed by atoms with van der Waals surface area (Å²) < 4.78 is 0. The van der Waals surface area contributed by atoms with Crippen molar-refractivity contribution in [3.05, 3.63) is 11.9 Å². The lowest BCUT2D eigenvalue weighted by atomic mass is 10.1. The molecule has 6 heteroatoms. The van der Waals surface area contributed by atoms with Crippen LogP contribution in [-0.4, -0.2) is 34.3 Å². The SMILES string of the molecule is CC(C)c1nc(NN)cc(N2CCCC(O)C2)n1. The molecule has 4 N–H and O–H groups in total. The van der Waals surface area contributed by atoms with E-state index in [1.807, 2.05) is 19.9 Å².